The van der Waals surface area contributed by atoms with Gasteiger partial charge in [-0.3, -0.25) is 0 Å². The molecule has 0 aliphatic rings. The minimum atomic E-state index is -2.74. The van der Waals surface area contributed by atoms with Gasteiger partial charge in [-0.05, 0) is 5.56 Å². The van der Waals surface area contributed by atoms with E-state index in [9.17, 15) is 8.78 Å². The number of methoxy groups -OCH3 is 1. The van der Waals surface area contributed by atoms with Crippen molar-refractivity contribution in [3.63, 3.8) is 0 Å². The van der Waals surface area contributed by atoms with Gasteiger partial charge in [0.15, 0.2) is 11.4 Å². The predicted octanol–water partition coefficient (Wildman–Crippen LogP) is 1.36. The van der Waals surface area contributed by atoms with Crippen LogP contribution in [-0.4, -0.2) is 12.1 Å². The van der Waals surface area contributed by atoms with Gasteiger partial charge < -0.3 is 10.5 Å². The smallest absolute Gasteiger partial charge is 0.267 e. The molecule has 15 heavy (non-hydrogen) atoms. The number of rotatable bonds is 3. The lowest BCUT2D eigenvalue weighted by Crippen LogP contribution is -2.07. The fourth-order valence-electron chi connectivity index (χ4n) is 1.23. The van der Waals surface area contributed by atoms with Crippen molar-refractivity contribution in [2.45, 2.75) is 13.0 Å². The monoisotopic (exact) mass is 213 g/mol. The van der Waals surface area contributed by atoms with E-state index in [1.807, 2.05) is 0 Å². The Balaban J connectivity index is 3.46. The minimum Gasteiger partial charge on any atom is -0.493 e. The average Bonchev–Trinajstić information content (AvgIpc) is 2.26. The first-order valence-corrected chi connectivity index (χ1v) is 4.09. The van der Waals surface area contributed by atoms with E-state index in [-0.39, 0.29) is 29.1 Å². The number of nitrogens with zero attached hydrogens (tertiary/aromatic N) is 2. The largest absolute Gasteiger partial charge is 0.493 e. The molecule has 0 fully saturated rings. The van der Waals surface area contributed by atoms with Crippen LogP contribution in [0.1, 0.15) is 23.2 Å². The number of nitriles is 1. The van der Waals surface area contributed by atoms with E-state index in [0.29, 0.717) is 0 Å². The molecule has 2 N–H and O–H groups in total. The van der Waals surface area contributed by atoms with E-state index in [1.165, 1.54) is 13.3 Å². The molecule has 0 aliphatic heterocycles. The van der Waals surface area contributed by atoms with E-state index in [0.717, 1.165) is 0 Å². The van der Waals surface area contributed by atoms with Crippen LogP contribution < -0.4 is 10.5 Å². The molecule has 0 aliphatic carbocycles. The first-order chi connectivity index (χ1) is 7.15. The normalized spacial score (nSPS) is 10.1. The number of nitrogens with two attached hydrogens (primary N) is 1. The minimum absolute atomic E-state index is 0.0747. The van der Waals surface area contributed by atoms with E-state index in [2.05, 4.69) is 4.98 Å². The van der Waals surface area contributed by atoms with E-state index >= 15 is 0 Å². The second kappa shape index (κ2) is 4.66. The highest BCUT2D eigenvalue weighted by Crippen LogP contribution is 2.33. The van der Waals surface area contributed by atoms with Crippen molar-refractivity contribution in [2.24, 2.45) is 5.73 Å². The highest BCUT2D eigenvalue weighted by molar-refractivity contribution is 5.48. The Morgan fingerprint density at radius 3 is 2.73 bits per heavy atom. The van der Waals surface area contributed by atoms with E-state index in [4.69, 9.17) is 15.7 Å². The summed E-state index contributed by atoms with van der Waals surface area (Å²) in [6.07, 6.45) is -1.57. The summed E-state index contributed by atoms with van der Waals surface area (Å²) in [7, 11) is 1.21. The molecule has 0 saturated heterocycles. The number of pyridine rings is 1. The maximum atomic E-state index is 12.7. The van der Waals surface area contributed by atoms with Gasteiger partial charge in [-0.15, -0.1) is 0 Å². The summed E-state index contributed by atoms with van der Waals surface area (Å²) >= 11 is 0. The summed E-state index contributed by atoms with van der Waals surface area (Å²) in [6, 6.07) is 1.68. The fraction of sp³-hybridized carbons (Fsp3) is 0.333. The second-order valence-electron chi connectivity index (χ2n) is 2.70. The molecular weight excluding hydrogens is 204 g/mol. The van der Waals surface area contributed by atoms with Gasteiger partial charge in [0.1, 0.15) is 6.07 Å². The summed E-state index contributed by atoms with van der Waals surface area (Å²) in [5.41, 5.74) is 4.96. The molecule has 0 aromatic carbocycles. The van der Waals surface area contributed by atoms with Crippen LogP contribution >= 0.6 is 0 Å². The lowest BCUT2D eigenvalue weighted by Gasteiger charge is -2.12. The lowest BCUT2D eigenvalue weighted by molar-refractivity contribution is 0.145. The predicted molar refractivity (Wildman–Crippen MR) is 48.4 cm³/mol. The number of alkyl halides is 2. The van der Waals surface area contributed by atoms with Crippen molar-refractivity contribution >= 4 is 0 Å². The van der Waals surface area contributed by atoms with Gasteiger partial charge in [-0.25, -0.2) is 13.8 Å². The molecule has 4 nitrogen and oxygen atoms in total. The van der Waals surface area contributed by atoms with Crippen molar-refractivity contribution in [2.75, 3.05) is 7.11 Å². The lowest BCUT2D eigenvalue weighted by atomic mass is 10.1. The SMILES string of the molecule is COc1c(C#N)ncc(CN)c1C(F)F. The molecule has 0 saturated carbocycles. The highest BCUT2D eigenvalue weighted by atomic mass is 19.3. The Morgan fingerprint density at radius 1 is 1.67 bits per heavy atom. The van der Waals surface area contributed by atoms with Gasteiger partial charge in [-0.2, -0.15) is 5.26 Å². The molecule has 0 amide bonds. The van der Waals surface area contributed by atoms with Crippen LogP contribution in [0.3, 0.4) is 0 Å². The van der Waals surface area contributed by atoms with Gasteiger partial charge in [-0.1, -0.05) is 0 Å². The van der Waals surface area contributed by atoms with Crippen molar-refractivity contribution < 1.29 is 13.5 Å². The topological polar surface area (TPSA) is 71.9 Å². The molecule has 1 heterocycles. The van der Waals surface area contributed by atoms with Crippen LogP contribution in [0.15, 0.2) is 6.20 Å². The van der Waals surface area contributed by atoms with E-state index < -0.39 is 6.43 Å². The maximum absolute atomic E-state index is 12.7. The second-order valence-corrected chi connectivity index (χ2v) is 2.70. The maximum Gasteiger partial charge on any atom is 0.267 e. The van der Waals surface area contributed by atoms with Crippen LogP contribution in [0.4, 0.5) is 8.78 Å². The molecular formula is C9H9F2N3O. The van der Waals surface area contributed by atoms with Crippen LogP contribution in [0.25, 0.3) is 0 Å². The fourth-order valence-corrected chi connectivity index (χ4v) is 1.23. The third-order valence-corrected chi connectivity index (χ3v) is 1.90. The van der Waals surface area contributed by atoms with Gasteiger partial charge in [0.2, 0.25) is 0 Å². The van der Waals surface area contributed by atoms with Crippen LogP contribution in [0, 0.1) is 11.3 Å². The quantitative estimate of drug-likeness (QED) is 0.822. The van der Waals surface area contributed by atoms with Crippen LogP contribution in [0.5, 0.6) is 5.75 Å². The summed E-state index contributed by atoms with van der Waals surface area (Å²) in [5.74, 6) is -0.199. The summed E-state index contributed by atoms with van der Waals surface area (Å²) in [6.45, 7) is -0.0747. The molecule has 1 rings (SSSR count). The molecule has 1 aromatic rings. The first-order valence-electron chi connectivity index (χ1n) is 4.09. The Labute approximate surface area is 85.3 Å². The van der Waals surface area contributed by atoms with Crippen molar-refractivity contribution in [3.05, 3.63) is 23.0 Å². The van der Waals surface area contributed by atoms with Crippen molar-refractivity contribution in [1.29, 1.82) is 5.26 Å². The van der Waals surface area contributed by atoms with Crippen LogP contribution in [0.2, 0.25) is 0 Å². The number of halogens is 2. The molecule has 0 spiro atoms. The molecule has 1 aromatic heterocycles. The Kier molecular flexibility index (Phi) is 3.52. The van der Waals surface area contributed by atoms with Crippen LogP contribution in [-0.2, 0) is 6.54 Å². The Hall–Kier alpha value is -1.74. The van der Waals surface area contributed by atoms with Gasteiger partial charge >= 0.3 is 0 Å². The third kappa shape index (κ3) is 2.02. The molecule has 0 unspecified atom stereocenters. The zero-order valence-electron chi connectivity index (χ0n) is 8.00. The standard InChI is InChI=1S/C9H9F2N3O/c1-15-8-6(3-13)14-4-5(2-12)7(8)9(10)11/h4,9H,2,12H2,1H3. The molecule has 6 heteroatoms. The Morgan fingerprint density at radius 2 is 2.33 bits per heavy atom. The first kappa shape index (κ1) is 11.3. The number of hydrogen-bond acceptors (Lipinski definition) is 4. The Bertz CT molecular complexity index is 401. The summed E-state index contributed by atoms with van der Waals surface area (Å²) < 4.78 is 30.2. The van der Waals surface area contributed by atoms with Crippen molar-refractivity contribution in [1.82, 2.24) is 4.98 Å². The van der Waals surface area contributed by atoms with E-state index in [1.54, 1.807) is 6.07 Å². The molecule has 80 valence electrons. The molecule has 0 radical (unpaired) electrons. The summed E-state index contributed by atoms with van der Waals surface area (Å²) in [5, 5.41) is 8.65. The molecule has 0 bridgehead atoms. The molecule has 0 atom stereocenters. The highest BCUT2D eigenvalue weighted by Gasteiger charge is 2.22. The number of aromatic nitrogens is 1. The number of ether oxygens (including phenoxy) is 1. The summed E-state index contributed by atoms with van der Waals surface area (Å²) in [4.78, 5) is 3.68. The third-order valence-electron chi connectivity index (χ3n) is 1.90. The average molecular weight is 213 g/mol. The van der Waals surface area contributed by atoms with Crippen molar-refractivity contribution in [3.8, 4) is 11.8 Å². The zero-order chi connectivity index (χ0) is 11.4. The number of hydrogen-bond donors (Lipinski definition) is 1. The zero-order valence-corrected chi connectivity index (χ0v) is 8.00. The van der Waals surface area contributed by atoms with Gasteiger partial charge in [0.25, 0.3) is 6.43 Å². The van der Waals surface area contributed by atoms with Gasteiger partial charge in [0.05, 0.1) is 12.7 Å². The van der Waals surface area contributed by atoms with Gasteiger partial charge in [0, 0.05) is 12.7 Å².